The molecule has 2 aromatic rings. The molecule has 6 rings (SSSR count). The van der Waals surface area contributed by atoms with Gasteiger partial charge in [0.05, 0.1) is 17.8 Å². The summed E-state index contributed by atoms with van der Waals surface area (Å²) in [6, 6.07) is 1.52. The van der Waals surface area contributed by atoms with E-state index in [1.807, 2.05) is 0 Å². The SMILES string of the molecule is Nc1c2cc(Br)n3c2nc[n+]1[C@@H]1O[C@H](COP(=O)(O)OP(=O)([O-])OC[C@H]2O[C@@H]3[C@H](O)[C@@H]2O)[C@@H](O)[C@H]1O. The molecule has 17 nitrogen and oxygen atoms in total. The zero-order chi connectivity index (χ0) is 26.2. The minimum atomic E-state index is -5.50. The normalized spacial score (nSPS) is 43.8. The maximum absolute atomic E-state index is 12.2. The Morgan fingerprint density at radius 3 is 2.44 bits per heavy atom. The van der Waals surface area contributed by atoms with Gasteiger partial charge in [0, 0.05) is 0 Å². The van der Waals surface area contributed by atoms with Crippen molar-refractivity contribution in [2.75, 3.05) is 18.9 Å². The topological polar surface area (TPSA) is 252 Å². The Morgan fingerprint density at radius 2 is 1.72 bits per heavy atom. The number of halogens is 1. The number of rotatable bonds is 0. The number of hydrogen-bond donors (Lipinski definition) is 6. The monoisotopic (exact) mass is 618 g/mol. The predicted molar refractivity (Wildman–Crippen MR) is 114 cm³/mol. The fourth-order valence-electron chi connectivity index (χ4n) is 4.25. The number of nitrogen functional groups attached to an aromatic ring is 1. The summed E-state index contributed by atoms with van der Waals surface area (Å²) >= 11 is 3.32. The zero-order valence-electron chi connectivity index (χ0n) is 17.9. The van der Waals surface area contributed by atoms with Crippen LogP contribution in [0.2, 0.25) is 0 Å². The van der Waals surface area contributed by atoms with E-state index in [1.54, 1.807) is 0 Å². The van der Waals surface area contributed by atoms with E-state index in [4.69, 9.17) is 15.2 Å². The highest BCUT2D eigenvalue weighted by Gasteiger charge is 2.49. The number of aliphatic hydroxyl groups excluding tert-OH is 4. The molecule has 200 valence electrons. The largest absolute Gasteiger partial charge is 0.756 e. The second-order valence-electron chi connectivity index (χ2n) is 8.29. The molecule has 0 aliphatic carbocycles. The van der Waals surface area contributed by atoms with E-state index in [1.165, 1.54) is 21.5 Å². The zero-order valence-corrected chi connectivity index (χ0v) is 21.3. The number of nitrogens with two attached hydrogens (primary N) is 1. The number of aromatic nitrogens is 3. The second-order valence-corrected chi connectivity index (χ2v) is 12.1. The van der Waals surface area contributed by atoms with Crippen molar-refractivity contribution in [3.05, 3.63) is 17.0 Å². The first-order valence-corrected chi connectivity index (χ1v) is 14.1. The highest BCUT2D eigenvalue weighted by Crippen LogP contribution is 2.58. The Hall–Kier alpha value is -1.08. The van der Waals surface area contributed by atoms with Crippen LogP contribution >= 0.6 is 31.6 Å². The molecule has 7 N–H and O–H groups in total. The summed E-state index contributed by atoms with van der Waals surface area (Å²) in [7, 11) is -10.8. The Bertz CT molecular complexity index is 1280. The standard InChI is InChI=1S/C16H21BrN4O13P2/c17-8-1-5-13(18)20-4-19-14(5)21(8)16-12(25)10(23)7(33-16)3-31-36(28,29)34-35(26,27)30-2-6-9(22)11(24)15(20)32-6/h1,4,6-7,9-12,15-16,18,22-25H,2-3H2,(H2,26,27,28,29)/t6-,7-,9-,10-,11-,12-,15-,16-/m1/s1. The van der Waals surface area contributed by atoms with Gasteiger partial charge in [0.1, 0.15) is 42.0 Å². The van der Waals surface area contributed by atoms with Crippen LogP contribution in [-0.4, -0.2) is 84.7 Å². The molecule has 0 aromatic carbocycles. The van der Waals surface area contributed by atoms with Gasteiger partial charge in [-0.1, -0.05) is 4.98 Å². The van der Waals surface area contributed by atoms with Crippen molar-refractivity contribution in [3.8, 4) is 0 Å². The first-order chi connectivity index (χ1) is 16.8. The molecule has 6 heterocycles. The summed E-state index contributed by atoms with van der Waals surface area (Å²) in [6.45, 7) is -1.75. The third-order valence-electron chi connectivity index (χ3n) is 6.03. The molecule has 2 aromatic heterocycles. The second kappa shape index (κ2) is 9.29. The molecule has 36 heavy (non-hydrogen) atoms. The Balaban J connectivity index is 1.60. The van der Waals surface area contributed by atoms with Crippen LogP contribution in [0.3, 0.4) is 0 Å². The van der Waals surface area contributed by atoms with Crippen molar-refractivity contribution in [2.24, 2.45) is 0 Å². The summed E-state index contributed by atoms with van der Waals surface area (Å²) in [4.78, 5) is 26.2. The number of nitrogens with zero attached hydrogens (tertiary/aromatic N) is 3. The number of fused-ring (bicyclic) bond motifs is 7. The number of hydrogen-bond acceptors (Lipinski definition) is 14. The fraction of sp³-hybridized carbons (Fsp3) is 0.625. The first kappa shape index (κ1) is 26.5. The molecular formula is C16H21BrN4O13P2. The summed E-state index contributed by atoms with van der Waals surface area (Å²) < 4.78 is 51.6. The Kier molecular flexibility index (Phi) is 6.84. The van der Waals surface area contributed by atoms with Gasteiger partial charge in [0.15, 0.2) is 6.23 Å². The van der Waals surface area contributed by atoms with Gasteiger partial charge in [0.2, 0.25) is 24.0 Å². The fourth-order valence-corrected chi connectivity index (χ4v) is 6.90. The van der Waals surface area contributed by atoms with E-state index >= 15 is 0 Å². The van der Waals surface area contributed by atoms with E-state index in [0.29, 0.717) is 9.99 Å². The summed E-state index contributed by atoms with van der Waals surface area (Å²) in [6.07, 6.45) is -10.7. The third-order valence-corrected chi connectivity index (χ3v) is 9.20. The average Bonchev–Trinajstić information content (AvgIpc) is 3.37. The van der Waals surface area contributed by atoms with Crippen LogP contribution in [0.25, 0.3) is 11.0 Å². The average molecular weight is 619 g/mol. The van der Waals surface area contributed by atoms with Crippen molar-refractivity contribution < 1.29 is 66.7 Å². The van der Waals surface area contributed by atoms with Crippen LogP contribution in [0.4, 0.5) is 5.82 Å². The van der Waals surface area contributed by atoms with Gasteiger partial charge < -0.3 is 49.9 Å². The van der Waals surface area contributed by atoms with E-state index in [2.05, 4.69) is 34.3 Å². The third kappa shape index (κ3) is 4.54. The van der Waals surface area contributed by atoms with E-state index in [0.717, 1.165) is 0 Å². The lowest BCUT2D eigenvalue weighted by Gasteiger charge is -2.26. The molecule has 0 saturated carbocycles. The first-order valence-electron chi connectivity index (χ1n) is 10.3. The summed E-state index contributed by atoms with van der Waals surface area (Å²) in [5, 5.41) is 42.2. The molecule has 2 saturated heterocycles. The van der Waals surface area contributed by atoms with Gasteiger partial charge in [0.25, 0.3) is 7.82 Å². The molecule has 8 bridgehead atoms. The van der Waals surface area contributed by atoms with Gasteiger partial charge >= 0.3 is 7.82 Å². The van der Waals surface area contributed by atoms with Crippen molar-refractivity contribution >= 4 is 48.4 Å². The Labute approximate surface area is 209 Å². The van der Waals surface area contributed by atoms with Crippen molar-refractivity contribution in [1.82, 2.24) is 9.55 Å². The van der Waals surface area contributed by atoms with Gasteiger partial charge in [-0.05, 0) is 22.0 Å². The predicted octanol–water partition coefficient (Wildman–Crippen LogP) is -2.46. The molecule has 2 fully saturated rings. The van der Waals surface area contributed by atoms with Crippen molar-refractivity contribution in [2.45, 2.75) is 49.1 Å². The van der Waals surface area contributed by atoms with Crippen molar-refractivity contribution in [3.63, 3.8) is 0 Å². The molecule has 0 amide bonds. The van der Waals surface area contributed by atoms with Crippen LogP contribution < -0.4 is 15.2 Å². The number of aliphatic hydroxyl groups is 4. The lowest BCUT2D eigenvalue weighted by atomic mass is 10.1. The van der Waals surface area contributed by atoms with Crippen LogP contribution in [0, 0.1) is 0 Å². The molecule has 4 aliphatic rings. The van der Waals surface area contributed by atoms with Crippen LogP contribution in [-0.2, 0) is 32.0 Å². The van der Waals surface area contributed by atoms with E-state index < -0.39 is 77.9 Å². The quantitative estimate of drug-likeness (QED) is 0.132. The lowest BCUT2D eigenvalue weighted by molar-refractivity contribution is -0.754. The minimum Gasteiger partial charge on any atom is -0.756 e. The van der Waals surface area contributed by atoms with Gasteiger partial charge in [-0.15, -0.1) is 0 Å². The molecule has 4 aliphatic heterocycles. The summed E-state index contributed by atoms with van der Waals surface area (Å²) in [5.41, 5.74) is 6.48. The lowest BCUT2D eigenvalue weighted by Crippen LogP contribution is -2.48. The summed E-state index contributed by atoms with van der Waals surface area (Å²) in [5.74, 6) is 0.0229. The molecular weight excluding hydrogens is 598 g/mol. The highest BCUT2D eigenvalue weighted by molar-refractivity contribution is 9.10. The van der Waals surface area contributed by atoms with Crippen LogP contribution in [0.15, 0.2) is 17.0 Å². The molecule has 0 spiro atoms. The van der Waals surface area contributed by atoms with E-state index in [9.17, 15) is 39.3 Å². The minimum absolute atomic E-state index is 0.0229. The maximum Gasteiger partial charge on any atom is 0.478 e. The molecule has 2 unspecified atom stereocenters. The number of ether oxygens (including phenoxy) is 2. The number of phosphoric acid groups is 2. The van der Waals surface area contributed by atoms with Gasteiger partial charge in [-0.3, -0.25) is 13.7 Å². The van der Waals surface area contributed by atoms with Gasteiger partial charge in [-0.2, -0.15) is 0 Å². The molecule has 20 heteroatoms. The van der Waals surface area contributed by atoms with E-state index in [-0.39, 0.29) is 11.5 Å². The van der Waals surface area contributed by atoms with Crippen LogP contribution in [0.1, 0.15) is 12.5 Å². The Morgan fingerprint density at radius 1 is 1.08 bits per heavy atom. The molecule has 0 radical (unpaired) electrons. The maximum atomic E-state index is 12.2. The van der Waals surface area contributed by atoms with Gasteiger partial charge in [-0.25, -0.2) is 13.4 Å². The van der Waals surface area contributed by atoms with Crippen LogP contribution in [0.5, 0.6) is 0 Å². The number of phosphoric ester groups is 2. The number of anilines is 1. The highest BCUT2D eigenvalue weighted by atomic mass is 79.9. The smallest absolute Gasteiger partial charge is 0.478 e. The van der Waals surface area contributed by atoms with Crippen molar-refractivity contribution in [1.29, 1.82) is 0 Å². The molecule has 10 atom stereocenters.